The minimum absolute atomic E-state index is 0.320. The summed E-state index contributed by atoms with van der Waals surface area (Å²) in [5.74, 6) is 0. The summed E-state index contributed by atoms with van der Waals surface area (Å²) in [6.45, 7) is 4.83. The minimum atomic E-state index is -0.320. The highest BCUT2D eigenvalue weighted by molar-refractivity contribution is 6.21. The Kier molecular flexibility index (Phi) is 10.9. The number of anilines is 3. The van der Waals surface area contributed by atoms with E-state index in [-0.39, 0.29) is 5.41 Å². The highest BCUT2D eigenvalue weighted by Gasteiger charge is 2.37. The summed E-state index contributed by atoms with van der Waals surface area (Å²) in [6.07, 6.45) is 0. The van der Waals surface area contributed by atoms with Gasteiger partial charge in [-0.25, -0.2) is 0 Å². The van der Waals surface area contributed by atoms with Crippen molar-refractivity contribution in [2.75, 3.05) is 4.90 Å². The average molecular weight is 1050 g/mol. The van der Waals surface area contributed by atoms with Crippen LogP contribution in [0.25, 0.3) is 121 Å². The Bertz CT molecular complexity index is 4970. The number of nitrogens with zero attached hydrogens (tertiary/aromatic N) is 3. The third-order valence-electron chi connectivity index (χ3n) is 17.5. The summed E-state index contributed by atoms with van der Waals surface area (Å²) in [5.41, 5.74) is 23.7. The Hall–Kier alpha value is -10.5. The lowest BCUT2D eigenvalue weighted by molar-refractivity contribution is 0.660. The Balaban J connectivity index is 0.869. The van der Waals surface area contributed by atoms with E-state index in [1.54, 1.807) is 0 Å². The van der Waals surface area contributed by atoms with Gasteiger partial charge in [-0.3, -0.25) is 0 Å². The second-order valence-electron chi connectivity index (χ2n) is 22.4. The molecule has 13 aromatic carbocycles. The molecule has 0 amide bonds. The van der Waals surface area contributed by atoms with Crippen molar-refractivity contribution in [3.05, 3.63) is 308 Å². The van der Waals surface area contributed by atoms with E-state index in [2.05, 4.69) is 325 Å². The fourth-order valence-electron chi connectivity index (χ4n) is 13.7. The van der Waals surface area contributed by atoms with Gasteiger partial charge in [-0.05, 0) is 145 Å². The largest absolute Gasteiger partial charge is 0.310 e. The van der Waals surface area contributed by atoms with Gasteiger partial charge in [-0.1, -0.05) is 232 Å². The Labute approximate surface area is 477 Å². The van der Waals surface area contributed by atoms with E-state index in [4.69, 9.17) is 0 Å². The van der Waals surface area contributed by atoms with Gasteiger partial charge in [0.1, 0.15) is 0 Å². The number of benzene rings is 13. The lowest BCUT2D eigenvalue weighted by Gasteiger charge is -2.28. The first-order valence-corrected chi connectivity index (χ1v) is 28.5. The maximum Gasteiger partial charge on any atom is 0.0620 e. The Morgan fingerprint density at radius 2 is 0.829 bits per heavy atom. The van der Waals surface area contributed by atoms with Crippen LogP contribution >= 0.6 is 0 Å². The van der Waals surface area contributed by atoms with E-state index in [1.165, 1.54) is 121 Å². The molecule has 1 aliphatic rings. The molecule has 0 aliphatic heterocycles. The van der Waals surface area contributed by atoms with E-state index >= 15 is 0 Å². The second kappa shape index (κ2) is 18.8. The maximum absolute atomic E-state index is 2.56. The predicted molar refractivity (Wildman–Crippen MR) is 347 cm³/mol. The first-order valence-electron chi connectivity index (χ1n) is 28.5. The molecule has 0 saturated heterocycles. The van der Waals surface area contributed by atoms with Crippen molar-refractivity contribution in [1.82, 2.24) is 9.13 Å². The van der Waals surface area contributed by atoms with E-state index in [0.29, 0.717) is 0 Å². The van der Waals surface area contributed by atoms with Crippen LogP contribution in [0.2, 0.25) is 0 Å². The van der Waals surface area contributed by atoms with Crippen LogP contribution in [0.4, 0.5) is 17.1 Å². The minimum Gasteiger partial charge on any atom is -0.310 e. The third-order valence-corrected chi connectivity index (χ3v) is 17.5. The summed E-state index contributed by atoms with van der Waals surface area (Å²) >= 11 is 0. The van der Waals surface area contributed by atoms with Gasteiger partial charge in [0.15, 0.2) is 0 Å². The topological polar surface area (TPSA) is 13.1 Å². The first-order chi connectivity index (χ1) is 40.5. The molecule has 2 heterocycles. The smallest absolute Gasteiger partial charge is 0.0620 e. The van der Waals surface area contributed by atoms with Gasteiger partial charge in [0.05, 0.1) is 27.9 Å². The molecule has 2 aromatic heterocycles. The molecule has 3 nitrogen and oxygen atoms in total. The van der Waals surface area contributed by atoms with E-state index < -0.39 is 0 Å². The summed E-state index contributed by atoms with van der Waals surface area (Å²) in [5, 5.41) is 8.54. The van der Waals surface area contributed by atoms with Gasteiger partial charge >= 0.3 is 0 Å². The van der Waals surface area contributed by atoms with Gasteiger partial charge in [0.25, 0.3) is 0 Å². The van der Waals surface area contributed by atoms with Gasteiger partial charge in [0, 0.05) is 60.7 Å². The molecule has 15 aromatic rings. The van der Waals surface area contributed by atoms with Gasteiger partial charge in [0.2, 0.25) is 0 Å². The van der Waals surface area contributed by atoms with E-state index in [0.717, 1.165) is 28.4 Å². The number of fused-ring (bicyclic) bond motifs is 10. The van der Waals surface area contributed by atoms with Crippen molar-refractivity contribution in [2.24, 2.45) is 0 Å². The van der Waals surface area contributed by atoms with Crippen molar-refractivity contribution in [3.63, 3.8) is 0 Å². The van der Waals surface area contributed by atoms with Crippen molar-refractivity contribution in [3.8, 4) is 67.1 Å². The number of hydrogen-bond donors (Lipinski definition) is 0. The predicted octanol–water partition coefficient (Wildman–Crippen LogP) is 21.5. The zero-order valence-corrected chi connectivity index (χ0v) is 45.6. The molecule has 1 aliphatic carbocycles. The molecular weight excluding hydrogens is 991 g/mol. The van der Waals surface area contributed by atoms with Gasteiger partial charge < -0.3 is 14.0 Å². The maximum atomic E-state index is 2.56. The lowest BCUT2D eigenvalue weighted by atomic mass is 9.81. The molecule has 16 rings (SSSR count). The quantitative estimate of drug-likeness (QED) is 0.140. The molecule has 0 bridgehead atoms. The molecule has 386 valence electrons. The Morgan fingerprint density at radius 3 is 1.57 bits per heavy atom. The molecule has 0 spiro atoms. The molecule has 3 heteroatoms. The monoisotopic (exact) mass is 1050 g/mol. The third kappa shape index (κ3) is 7.44. The van der Waals surface area contributed by atoms with Crippen LogP contribution in [0.3, 0.4) is 0 Å². The summed E-state index contributed by atoms with van der Waals surface area (Å²) < 4.78 is 4.95. The lowest BCUT2D eigenvalue weighted by Crippen LogP contribution is -2.16. The van der Waals surface area contributed by atoms with Gasteiger partial charge in [-0.2, -0.15) is 0 Å². The average Bonchev–Trinajstić information content (AvgIpc) is 4.00. The van der Waals surface area contributed by atoms with Crippen LogP contribution in [-0.2, 0) is 5.41 Å². The van der Waals surface area contributed by atoms with E-state index in [9.17, 15) is 0 Å². The van der Waals surface area contributed by atoms with Crippen LogP contribution in [0.5, 0.6) is 0 Å². The number of rotatable bonds is 9. The number of aromatic nitrogens is 2. The number of para-hydroxylation sites is 2. The molecular formula is C79H55N3. The van der Waals surface area contributed by atoms with E-state index in [1.807, 2.05) is 0 Å². The zero-order chi connectivity index (χ0) is 54.5. The van der Waals surface area contributed by atoms with Crippen LogP contribution < -0.4 is 4.90 Å². The molecule has 0 fully saturated rings. The summed E-state index contributed by atoms with van der Waals surface area (Å²) in [4.78, 5) is 2.45. The van der Waals surface area contributed by atoms with Crippen LogP contribution in [0.15, 0.2) is 297 Å². The standard InChI is InChI=1S/C79H55N3/c1-79(2)71-48-57(68-51-70-76(55-25-9-4-10-26-55)77(56-27-11-5-12-28-56)82(78(70)67-35-18-17-33-63(67)68)73-37-21-29-54-24-15-16-32-62(54)73)40-45-64(71)65-46-43-61(50-72(65)79)80(59-41-38-53(39-42-59)52-22-7-3-8-23-52)60-44-47-75-69(49-60)66-34-19-20-36-74(66)81(75)58-30-13-6-14-31-58/h3-51H,1-2H3. The molecule has 82 heavy (non-hydrogen) atoms. The first kappa shape index (κ1) is 47.5. The highest BCUT2D eigenvalue weighted by Crippen LogP contribution is 2.54. The molecule has 0 unspecified atom stereocenters. The number of hydrogen-bond acceptors (Lipinski definition) is 1. The molecule has 0 saturated carbocycles. The molecule has 0 N–H and O–H groups in total. The fourth-order valence-corrected chi connectivity index (χ4v) is 13.7. The molecule has 0 radical (unpaired) electrons. The van der Waals surface area contributed by atoms with Crippen LogP contribution in [0, 0.1) is 0 Å². The van der Waals surface area contributed by atoms with Gasteiger partial charge in [-0.15, -0.1) is 0 Å². The van der Waals surface area contributed by atoms with Crippen LogP contribution in [0.1, 0.15) is 25.0 Å². The second-order valence-corrected chi connectivity index (χ2v) is 22.4. The SMILES string of the molecule is CC1(C)c2cc(-c3cc4c(-c5ccccc5)c(-c5ccccc5)n(-c5cccc6ccccc56)c4c4ccccc34)ccc2-c2ccc(N(c3ccc(-c4ccccc4)cc3)c3ccc4c(c3)c3ccccc3n4-c3ccccc3)cc21. The van der Waals surface area contributed by atoms with Crippen molar-refractivity contribution < 1.29 is 0 Å². The van der Waals surface area contributed by atoms with Crippen molar-refractivity contribution in [1.29, 1.82) is 0 Å². The van der Waals surface area contributed by atoms with Crippen molar-refractivity contribution in [2.45, 2.75) is 19.3 Å². The summed E-state index contributed by atoms with van der Waals surface area (Å²) in [6, 6.07) is 110. The van der Waals surface area contributed by atoms with Crippen LogP contribution in [-0.4, -0.2) is 9.13 Å². The summed E-state index contributed by atoms with van der Waals surface area (Å²) in [7, 11) is 0. The molecule has 0 atom stereocenters. The zero-order valence-electron chi connectivity index (χ0n) is 45.6. The highest BCUT2D eigenvalue weighted by atomic mass is 15.1. The normalized spacial score (nSPS) is 12.6. The Morgan fingerprint density at radius 1 is 0.305 bits per heavy atom. The van der Waals surface area contributed by atoms with Crippen molar-refractivity contribution >= 4 is 71.3 Å². The fraction of sp³-hybridized carbons (Fsp3) is 0.0380.